The van der Waals surface area contributed by atoms with E-state index in [1.807, 2.05) is 6.07 Å². The first kappa shape index (κ1) is 20.5. The number of halogens is 3. The summed E-state index contributed by atoms with van der Waals surface area (Å²) in [4.78, 5) is 24.9. The number of rotatable bonds is 5. The van der Waals surface area contributed by atoms with Crippen molar-refractivity contribution in [3.63, 3.8) is 0 Å². The predicted molar refractivity (Wildman–Crippen MR) is 113 cm³/mol. The summed E-state index contributed by atoms with van der Waals surface area (Å²) >= 11 is 17.9. The van der Waals surface area contributed by atoms with Crippen molar-refractivity contribution in [2.45, 2.75) is 12.8 Å². The molecule has 2 aromatic carbocycles. The monoisotopic (exact) mass is 438 g/mol. The Bertz CT molecular complexity index is 1130. The number of nitrogens with one attached hydrogen (secondary N) is 1. The summed E-state index contributed by atoms with van der Waals surface area (Å²) in [6, 6.07) is 10.2. The minimum Gasteiger partial charge on any atom is -0.502 e. The number of carbonyl (C=O) groups excluding carboxylic acids is 1. The highest BCUT2D eigenvalue weighted by atomic mass is 35.5. The van der Waals surface area contributed by atoms with Gasteiger partial charge in [0.05, 0.1) is 21.1 Å². The van der Waals surface area contributed by atoms with E-state index in [2.05, 4.69) is 5.32 Å². The van der Waals surface area contributed by atoms with Gasteiger partial charge in [0.25, 0.3) is 11.5 Å². The quantitative estimate of drug-likeness (QED) is 0.572. The van der Waals surface area contributed by atoms with Crippen molar-refractivity contribution in [3.05, 3.63) is 72.9 Å². The van der Waals surface area contributed by atoms with Crippen LogP contribution in [0.1, 0.15) is 22.3 Å². The van der Waals surface area contributed by atoms with Crippen molar-refractivity contribution in [2.75, 3.05) is 6.54 Å². The molecule has 1 heterocycles. The average molecular weight is 440 g/mol. The summed E-state index contributed by atoms with van der Waals surface area (Å²) in [7, 11) is 1.53. The lowest BCUT2D eigenvalue weighted by Crippen LogP contribution is -2.28. The van der Waals surface area contributed by atoms with Gasteiger partial charge in [-0.2, -0.15) is 0 Å². The summed E-state index contributed by atoms with van der Waals surface area (Å²) in [6.07, 6.45) is 1.33. The second kappa shape index (κ2) is 8.43. The van der Waals surface area contributed by atoms with Crippen LogP contribution in [0, 0.1) is 0 Å². The molecule has 1 aromatic heterocycles. The van der Waals surface area contributed by atoms with Gasteiger partial charge in [0, 0.05) is 24.0 Å². The minimum absolute atomic E-state index is 0.0739. The Labute approximate surface area is 176 Å². The molecule has 0 bridgehead atoms. The Morgan fingerprint density at radius 2 is 1.86 bits per heavy atom. The zero-order chi connectivity index (χ0) is 20.4. The lowest BCUT2D eigenvalue weighted by molar-refractivity contribution is 0.0952. The average Bonchev–Trinajstić information content (AvgIpc) is 2.66. The molecule has 0 saturated carbocycles. The van der Waals surface area contributed by atoms with Crippen LogP contribution in [0.2, 0.25) is 15.1 Å². The maximum Gasteiger partial charge on any atom is 0.293 e. The van der Waals surface area contributed by atoms with E-state index in [9.17, 15) is 14.7 Å². The topological polar surface area (TPSA) is 71.3 Å². The number of fused-ring (bicyclic) bond motifs is 1. The molecule has 8 heteroatoms. The predicted octanol–water partition coefficient (Wildman–Crippen LogP) is 4.57. The van der Waals surface area contributed by atoms with Crippen LogP contribution in [-0.2, 0) is 13.5 Å². The third-order valence-corrected chi connectivity index (χ3v) is 5.45. The number of hydrogen-bond acceptors (Lipinski definition) is 3. The van der Waals surface area contributed by atoms with Crippen LogP contribution in [0.5, 0.6) is 5.75 Å². The first-order valence-electron chi connectivity index (χ1n) is 8.53. The van der Waals surface area contributed by atoms with Crippen LogP contribution in [0.4, 0.5) is 0 Å². The lowest BCUT2D eigenvalue weighted by Gasteiger charge is -2.13. The summed E-state index contributed by atoms with van der Waals surface area (Å²) in [6.45, 7) is 0.357. The largest absolute Gasteiger partial charge is 0.502 e. The Morgan fingerprint density at radius 1 is 1.11 bits per heavy atom. The molecular weight excluding hydrogens is 423 g/mol. The Hall–Kier alpha value is -2.21. The Balaban J connectivity index is 1.77. The molecule has 0 unspecified atom stereocenters. The molecule has 0 aliphatic carbocycles. The number of carbonyl (C=O) groups is 1. The van der Waals surface area contributed by atoms with Gasteiger partial charge in [0.1, 0.15) is 0 Å². The van der Waals surface area contributed by atoms with E-state index in [4.69, 9.17) is 34.8 Å². The second-order valence-corrected chi connectivity index (χ2v) is 7.61. The third-order valence-electron chi connectivity index (χ3n) is 4.47. The molecule has 28 heavy (non-hydrogen) atoms. The van der Waals surface area contributed by atoms with Crippen LogP contribution in [0.25, 0.3) is 10.9 Å². The lowest BCUT2D eigenvalue weighted by atomic mass is 10.1. The van der Waals surface area contributed by atoms with Crippen molar-refractivity contribution in [2.24, 2.45) is 7.05 Å². The van der Waals surface area contributed by atoms with Gasteiger partial charge >= 0.3 is 0 Å². The molecule has 0 spiro atoms. The first-order valence-corrected chi connectivity index (χ1v) is 9.66. The van der Waals surface area contributed by atoms with E-state index in [1.54, 1.807) is 30.3 Å². The molecule has 2 N–H and O–H groups in total. The SMILES string of the molecule is Cn1c(=O)c(O)c(C(=O)NCCCc2ccc(Cl)c(Cl)c2)c2cc(Cl)ccc21. The summed E-state index contributed by atoms with van der Waals surface area (Å²) in [5.41, 5.74) is 0.788. The number of benzene rings is 2. The zero-order valence-electron chi connectivity index (χ0n) is 14.9. The molecule has 0 atom stereocenters. The summed E-state index contributed by atoms with van der Waals surface area (Å²) in [5, 5.41) is 14.8. The molecule has 146 valence electrons. The molecule has 0 aliphatic rings. The van der Waals surface area contributed by atoms with E-state index in [-0.39, 0.29) is 5.56 Å². The third kappa shape index (κ3) is 4.12. The van der Waals surface area contributed by atoms with Crippen LogP contribution in [-0.4, -0.2) is 22.1 Å². The van der Waals surface area contributed by atoms with Crippen molar-refractivity contribution in [1.29, 1.82) is 0 Å². The molecule has 3 aromatic rings. The standard InChI is InChI=1S/C20H17Cl3N2O3/c1-25-16-7-5-12(21)10-13(16)17(18(26)20(25)28)19(27)24-8-2-3-11-4-6-14(22)15(23)9-11/h4-7,9-10,26H,2-3,8H2,1H3,(H,24,27). The molecule has 5 nitrogen and oxygen atoms in total. The number of hydrogen-bond donors (Lipinski definition) is 2. The molecule has 0 fully saturated rings. The molecule has 0 aliphatic heterocycles. The highest BCUT2D eigenvalue weighted by Crippen LogP contribution is 2.26. The van der Waals surface area contributed by atoms with Crippen LogP contribution < -0.4 is 10.9 Å². The second-order valence-electron chi connectivity index (χ2n) is 6.36. The number of amides is 1. The van der Waals surface area contributed by atoms with Gasteiger partial charge in [-0.3, -0.25) is 9.59 Å². The van der Waals surface area contributed by atoms with E-state index in [1.165, 1.54) is 11.6 Å². The number of nitrogens with zero attached hydrogens (tertiary/aromatic N) is 1. The smallest absolute Gasteiger partial charge is 0.293 e. The Kier molecular flexibility index (Phi) is 6.18. The van der Waals surface area contributed by atoms with Crippen LogP contribution >= 0.6 is 34.8 Å². The van der Waals surface area contributed by atoms with Crippen molar-refractivity contribution in [1.82, 2.24) is 9.88 Å². The van der Waals surface area contributed by atoms with Gasteiger partial charge in [-0.25, -0.2) is 0 Å². The summed E-state index contributed by atoms with van der Waals surface area (Å²) in [5.74, 6) is -1.13. The molecular formula is C20H17Cl3N2O3. The zero-order valence-corrected chi connectivity index (χ0v) is 17.2. The van der Waals surface area contributed by atoms with Gasteiger partial charge in [-0.1, -0.05) is 40.9 Å². The minimum atomic E-state index is -0.643. The van der Waals surface area contributed by atoms with E-state index < -0.39 is 17.2 Å². The maximum absolute atomic E-state index is 12.7. The van der Waals surface area contributed by atoms with Gasteiger partial charge in [0.15, 0.2) is 5.75 Å². The highest BCUT2D eigenvalue weighted by molar-refractivity contribution is 6.42. The summed E-state index contributed by atoms with van der Waals surface area (Å²) < 4.78 is 1.28. The van der Waals surface area contributed by atoms with E-state index in [0.717, 1.165) is 5.56 Å². The van der Waals surface area contributed by atoms with Gasteiger partial charge in [-0.05, 0) is 48.7 Å². The van der Waals surface area contributed by atoms with Crippen LogP contribution in [0.15, 0.2) is 41.2 Å². The number of aryl methyl sites for hydroxylation is 2. The molecule has 1 amide bonds. The molecule has 0 radical (unpaired) electrons. The highest BCUT2D eigenvalue weighted by Gasteiger charge is 2.20. The van der Waals surface area contributed by atoms with Crippen molar-refractivity contribution < 1.29 is 9.90 Å². The normalized spacial score (nSPS) is 11.0. The first-order chi connectivity index (χ1) is 13.3. The molecule has 3 rings (SSSR count). The van der Waals surface area contributed by atoms with Crippen molar-refractivity contribution >= 4 is 51.6 Å². The fourth-order valence-corrected chi connectivity index (χ4v) is 3.50. The fourth-order valence-electron chi connectivity index (χ4n) is 3.01. The Morgan fingerprint density at radius 3 is 2.57 bits per heavy atom. The van der Waals surface area contributed by atoms with Crippen LogP contribution in [0.3, 0.4) is 0 Å². The van der Waals surface area contributed by atoms with Gasteiger partial charge in [0.2, 0.25) is 0 Å². The van der Waals surface area contributed by atoms with Crippen molar-refractivity contribution in [3.8, 4) is 5.75 Å². The van der Waals surface area contributed by atoms with E-state index in [0.29, 0.717) is 45.4 Å². The maximum atomic E-state index is 12.7. The number of aromatic nitrogens is 1. The van der Waals surface area contributed by atoms with Gasteiger partial charge in [-0.15, -0.1) is 0 Å². The molecule has 0 saturated heterocycles. The number of pyridine rings is 1. The van der Waals surface area contributed by atoms with E-state index >= 15 is 0 Å². The number of aromatic hydroxyl groups is 1. The fraction of sp³-hybridized carbons (Fsp3) is 0.200. The van der Waals surface area contributed by atoms with Gasteiger partial charge < -0.3 is 15.0 Å².